The maximum absolute atomic E-state index is 3.32. The van der Waals surface area contributed by atoms with Crippen LogP contribution in [-0.2, 0) is 0 Å². The summed E-state index contributed by atoms with van der Waals surface area (Å²) in [5, 5.41) is 3.32. The van der Waals surface area contributed by atoms with Gasteiger partial charge in [-0.15, -0.1) is 0 Å². The van der Waals surface area contributed by atoms with E-state index in [0.29, 0.717) is 0 Å². The van der Waals surface area contributed by atoms with Gasteiger partial charge in [0.15, 0.2) is 0 Å². The summed E-state index contributed by atoms with van der Waals surface area (Å²) in [5.74, 6) is 0. The summed E-state index contributed by atoms with van der Waals surface area (Å²) in [7, 11) is 4.28. The second-order valence-electron chi connectivity index (χ2n) is 4.07. The van der Waals surface area contributed by atoms with E-state index in [0.717, 1.165) is 11.5 Å². The number of likely N-dealkylation sites (tertiary alicyclic amines) is 1. The Morgan fingerprint density at radius 1 is 1.25 bits per heavy atom. The summed E-state index contributed by atoms with van der Waals surface area (Å²) in [6.45, 7) is 6.68. The van der Waals surface area contributed by atoms with Crippen molar-refractivity contribution in [2.45, 2.75) is 32.7 Å². The SMILES string of the molecule is CC.CNC1CC2(C1)CN(C)C2. The molecule has 72 valence electrons. The van der Waals surface area contributed by atoms with Crippen LogP contribution in [0, 0.1) is 5.41 Å². The Kier molecular flexibility index (Phi) is 3.13. The normalized spacial score (nSPS) is 27.0. The molecular weight excluding hydrogens is 148 g/mol. The summed E-state index contributed by atoms with van der Waals surface area (Å²) >= 11 is 0. The molecule has 1 aliphatic heterocycles. The Hall–Kier alpha value is -0.0800. The maximum Gasteiger partial charge on any atom is 0.00765 e. The van der Waals surface area contributed by atoms with E-state index in [1.807, 2.05) is 13.8 Å². The van der Waals surface area contributed by atoms with Crippen LogP contribution in [0.4, 0.5) is 0 Å². The van der Waals surface area contributed by atoms with E-state index in [1.54, 1.807) is 0 Å². The number of hydrogen-bond acceptors (Lipinski definition) is 2. The molecule has 1 aliphatic carbocycles. The van der Waals surface area contributed by atoms with Crippen molar-refractivity contribution in [2.75, 3.05) is 27.2 Å². The van der Waals surface area contributed by atoms with Gasteiger partial charge in [0.25, 0.3) is 0 Å². The Bertz CT molecular complexity index is 131. The lowest BCUT2D eigenvalue weighted by Crippen LogP contribution is -2.64. The molecule has 0 unspecified atom stereocenters. The van der Waals surface area contributed by atoms with E-state index in [4.69, 9.17) is 0 Å². The molecule has 1 saturated heterocycles. The van der Waals surface area contributed by atoms with Gasteiger partial charge in [0.05, 0.1) is 0 Å². The van der Waals surface area contributed by atoms with Gasteiger partial charge in [-0.2, -0.15) is 0 Å². The van der Waals surface area contributed by atoms with E-state index in [-0.39, 0.29) is 0 Å². The van der Waals surface area contributed by atoms with Gasteiger partial charge in [-0.3, -0.25) is 0 Å². The highest BCUT2D eigenvalue weighted by Gasteiger charge is 2.50. The fraction of sp³-hybridized carbons (Fsp3) is 1.00. The quantitative estimate of drug-likeness (QED) is 0.638. The van der Waals surface area contributed by atoms with Crippen molar-refractivity contribution in [2.24, 2.45) is 5.41 Å². The summed E-state index contributed by atoms with van der Waals surface area (Å²) in [6.07, 6.45) is 2.82. The van der Waals surface area contributed by atoms with Crippen LogP contribution in [0.15, 0.2) is 0 Å². The Labute approximate surface area is 76.3 Å². The molecule has 2 fully saturated rings. The topological polar surface area (TPSA) is 15.3 Å². The van der Waals surface area contributed by atoms with Gasteiger partial charge in [-0.1, -0.05) is 13.8 Å². The van der Waals surface area contributed by atoms with Gasteiger partial charge >= 0.3 is 0 Å². The van der Waals surface area contributed by atoms with E-state index in [9.17, 15) is 0 Å². The zero-order chi connectivity index (χ0) is 9.19. The van der Waals surface area contributed by atoms with Gasteiger partial charge in [0.2, 0.25) is 0 Å². The fourth-order valence-electron chi connectivity index (χ4n) is 2.55. The molecule has 2 rings (SSSR count). The minimum absolute atomic E-state index is 0.752. The van der Waals surface area contributed by atoms with E-state index < -0.39 is 0 Å². The number of hydrogen-bond donors (Lipinski definition) is 1. The molecule has 2 nitrogen and oxygen atoms in total. The van der Waals surface area contributed by atoms with Crippen molar-refractivity contribution in [3.8, 4) is 0 Å². The number of rotatable bonds is 1. The molecule has 2 aliphatic rings. The van der Waals surface area contributed by atoms with Gasteiger partial charge in [-0.05, 0) is 32.4 Å². The summed E-state index contributed by atoms with van der Waals surface area (Å²) in [4.78, 5) is 2.41. The van der Waals surface area contributed by atoms with Crippen molar-refractivity contribution in [3.63, 3.8) is 0 Å². The van der Waals surface area contributed by atoms with Gasteiger partial charge < -0.3 is 10.2 Å². The molecule has 0 bridgehead atoms. The average molecular weight is 170 g/mol. The first kappa shape index (κ1) is 10.0. The Balaban J connectivity index is 0.000000336. The fourth-order valence-corrected chi connectivity index (χ4v) is 2.55. The third-order valence-corrected chi connectivity index (χ3v) is 2.98. The molecule has 0 atom stereocenters. The summed E-state index contributed by atoms with van der Waals surface area (Å²) < 4.78 is 0. The minimum atomic E-state index is 0.752. The first-order chi connectivity index (χ1) is 5.74. The highest BCUT2D eigenvalue weighted by Crippen LogP contribution is 2.47. The van der Waals surface area contributed by atoms with Crippen LogP contribution in [-0.4, -0.2) is 38.1 Å². The molecule has 0 aromatic heterocycles. The predicted molar refractivity (Wildman–Crippen MR) is 53.4 cm³/mol. The highest BCUT2D eigenvalue weighted by molar-refractivity contribution is 5.05. The lowest BCUT2D eigenvalue weighted by Gasteiger charge is -2.58. The van der Waals surface area contributed by atoms with Crippen molar-refractivity contribution < 1.29 is 0 Å². The van der Waals surface area contributed by atoms with E-state index in [1.165, 1.54) is 25.9 Å². The molecule has 1 heterocycles. The number of nitrogens with zero attached hydrogens (tertiary/aromatic N) is 1. The van der Waals surface area contributed by atoms with Crippen LogP contribution in [0.5, 0.6) is 0 Å². The lowest BCUT2D eigenvalue weighted by atomic mass is 9.61. The van der Waals surface area contributed by atoms with Gasteiger partial charge in [0.1, 0.15) is 0 Å². The maximum atomic E-state index is 3.32. The van der Waals surface area contributed by atoms with Crippen molar-refractivity contribution >= 4 is 0 Å². The summed E-state index contributed by atoms with van der Waals surface area (Å²) in [5.41, 5.74) is 0.752. The molecule has 0 amide bonds. The van der Waals surface area contributed by atoms with Gasteiger partial charge in [0, 0.05) is 19.1 Å². The molecule has 0 radical (unpaired) electrons. The predicted octanol–water partition coefficient (Wildman–Crippen LogP) is 1.33. The van der Waals surface area contributed by atoms with Crippen molar-refractivity contribution in [1.29, 1.82) is 0 Å². The minimum Gasteiger partial charge on any atom is -0.317 e. The third-order valence-electron chi connectivity index (χ3n) is 2.98. The van der Waals surface area contributed by atoms with Gasteiger partial charge in [-0.25, -0.2) is 0 Å². The van der Waals surface area contributed by atoms with E-state index >= 15 is 0 Å². The largest absolute Gasteiger partial charge is 0.317 e. The molecule has 1 spiro atoms. The molecule has 12 heavy (non-hydrogen) atoms. The molecular formula is C10H22N2. The smallest absolute Gasteiger partial charge is 0.00765 e. The van der Waals surface area contributed by atoms with Crippen LogP contribution in [0.1, 0.15) is 26.7 Å². The second-order valence-corrected chi connectivity index (χ2v) is 4.07. The molecule has 2 heteroatoms. The number of nitrogens with one attached hydrogen (secondary N) is 1. The van der Waals surface area contributed by atoms with Crippen LogP contribution >= 0.6 is 0 Å². The van der Waals surface area contributed by atoms with Crippen molar-refractivity contribution in [3.05, 3.63) is 0 Å². The first-order valence-electron chi connectivity index (χ1n) is 5.10. The lowest BCUT2D eigenvalue weighted by molar-refractivity contribution is -0.0631. The standard InChI is InChI=1S/C8H16N2.C2H6/c1-9-7-3-8(4-7)5-10(2)6-8;1-2/h7,9H,3-6H2,1-2H3;1-2H3. The van der Waals surface area contributed by atoms with E-state index in [2.05, 4.69) is 24.3 Å². The van der Waals surface area contributed by atoms with Crippen LogP contribution in [0.3, 0.4) is 0 Å². The van der Waals surface area contributed by atoms with Crippen molar-refractivity contribution in [1.82, 2.24) is 10.2 Å². The molecule has 0 aromatic rings. The highest BCUT2D eigenvalue weighted by atomic mass is 15.2. The molecule has 0 aromatic carbocycles. The zero-order valence-corrected chi connectivity index (χ0v) is 8.85. The van der Waals surface area contributed by atoms with Crippen LogP contribution in [0.2, 0.25) is 0 Å². The van der Waals surface area contributed by atoms with Crippen LogP contribution in [0.25, 0.3) is 0 Å². The van der Waals surface area contributed by atoms with Crippen LogP contribution < -0.4 is 5.32 Å². The second kappa shape index (κ2) is 3.75. The average Bonchev–Trinajstić information content (AvgIpc) is 1.98. The molecule has 1 N–H and O–H groups in total. The third kappa shape index (κ3) is 1.64. The first-order valence-corrected chi connectivity index (χ1v) is 5.10. The summed E-state index contributed by atoms with van der Waals surface area (Å²) in [6, 6.07) is 0.827. The monoisotopic (exact) mass is 170 g/mol. The Morgan fingerprint density at radius 2 is 1.75 bits per heavy atom. The Morgan fingerprint density at radius 3 is 2.08 bits per heavy atom. The zero-order valence-electron chi connectivity index (χ0n) is 8.85. The molecule has 1 saturated carbocycles.